The third-order valence-electron chi connectivity index (χ3n) is 3.91. The number of aromatic amines is 2. The monoisotopic (exact) mass is 306 g/mol. The van der Waals surface area contributed by atoms with Gasteiger partial charge >= 0.3 is 5.69 Å². The van der Waals surface area contributed by atoms with Crippen molar-refractivity contribution in [3.05, 3.63) is 43.8 Å². The van der Waals surface area contributed by atoms with Crippen molar-refractivity contribution in [3.63, 3.8) is 0 Å². The molecule has 0 saturated heterocycles. The predicted octanol–water partition coefficient (Wildman–Crippen LogP) is 2.08. The molecule has 0 aliphatic heterocycles. The number of aromatic nitrogens is 4. The summed E-state index contributed by atoms with van der Waals surface area (Å²) < 4.78 is 0. The van der Waals surface area contributed by atoms with E-state index in [1.165, 1.54) is 6.20 Å². The molecule has 0 unspecified atom stereocenters. The van der Waals surface area contributed by atoms with Crippen LogP contribution in [0.25, 0.3) is 11.3 Å². The lowest BCUT2D eigenvalue weighted by Gasteiger charge is -2.43. The first kappa shape index (κ1) is 14.0. The third kappa shape index (κ3) is 2.63. The smallest absolute Gasteiger partial charge is 0.313 e. The molecule has 0 bridgehead atoms. The largest absolute Gasteiger partial charge is 0.325 e. The van der Waals surface area contributed by atoms with Gasteiger partial charge in [-0.1, -0.05) is 25.4 Å². The Hall–Kier alpha value is -1.95. The van der Waals surface area contributed by atoms with Gasteiger partial charge < -0.3 is 4.98 Å². The van der Waals surface area contributed by atoms with Crippen LogP contribution in [0.15, 0.2) is 21.9 Å². The van der Waals surface area contributed by atoms with E-state index in [4.69, 9.17) is 11.6 Å². The van der Waals surface area contributed by atoms with Gasteiger partial charge in [-0.15, -0.1) is 10.2 Å². The van der Waals surface area contributed by atoms with Crippen molar-refractivity contribution < 1.29 is 0 Å². The van der Waals surface area contributed by atoms with Gasteiger partial charge in [0.1, 0.15) is 5.69 Å². The molecule has 1 aliphatic carbocycles. The molecular weight excluding hydrogens is 292 g/mol. The van der Waals surface area contributed by atoms with Gasteiger partial charge in [0.25, 0.3) is 5.56 Å². The summed E-state index contributed by atoms with van der Waals surface area (Å²) in [4.78, 5) is 27.5. The minimum atomic E-state index is -0.549. The van der Waals surface area contributed by atoms with Crippen LogP contribution in [-0.2, 0) is 0 Å². The molecule has 2 aromatic heterocycles. The summed E-state index contributed by atoms with van der Waals surface area (Å²) >= 11 is 6.13. The van der Waals surface area contributed by atoms with Crippen molar-refractivity contribution >= 4 is 11.6 Å². The first-order valence-electron chi connectivity index (χ1n) is 6.71. The second-order valence-corrected chi connectivity index (χ2v) is 6.59. The summed E-state index contributed by atoms with van der Waals surface area (Å²) in [5.74, 6) is 0.337. The van der Waals surface area contributed by atoms with Gasteiger partial charge in [0.05, 0.1) is 5.56 Å². The predicted molar refractivity (Wildman–Crippen MR) is 79.5 cm³/mol. The molecule has 21 heavy (non-hydrogen) atoms. The number of nitrogens with one attached hydrogen (secondary N) is 2. The third-order valence-corrected chi connectivity index (χ3v) is 4.20. The number of rotatable bonds is 2. The number of nitrogens with zero attached hydrogens (tertiary/aromatic N) is 2. The summed E-state index contributed by atoms with van der Waals surface area (Å²) in [7, 11) is 0. The van der Waals surface area contributed by atoms with Crippen molar-refractivity contribution in [3.8, 4) is 11.3 Å². The molecule has 2 heterocycles. The standard InChI is InChI=1S/C14H15ClN4O2/c1-14(2)4-7(5-14)8-3-10(18-19-11(8)15)9-6-16-13(21)17-12(9)20/h3,6-7H,4-5H2,1-2H3,(H2,16,17,20,21). The minimum absolute atomic E-state index is 0.276. The SMILES string of the molecule is CC1(C)CC(c2cc(-c3c[nH]c(=O)[nH]c3=O)nnc2Cl)C1. The average Bonchev–Trinajstić information content (AvgIpc) is 2.37. The van der Waals surface area contributed by atoms with Crippen molar-refractivity contribution in [2.75, 3.05) is 0 Å². The van der Waals surface area contributed by atoms with Gasteiger partial charge in [-0.25, -0.2) is 4.79 Å². The lowest BCUT2D eigenvalue weighted by atomic mass is 9.62. The molecule has 7 heteroatoms. The summed E-state index contributed by atoms with van der Waals surface area (Å²) in [6.07, 6.45) is 3.40. The van der Waals surface area contributed by atoms with Crippen LogP contribution < -0.4 is 11.2 Å². The molecule has 0 atom stereocenters. The van der Waals surface area contributed by atoms with Crippen molar-refractivity contribution in [1.82, 2.24) is 20.2 Å². The Bertz CT molecular complexity index is 801. The zero-order valence-corrected chi connectivity index (χ0v) is 12.5. The molecule has 0 radical (unpaired) electrons. The Kier molecular flexibility index (Phi) is 3.20. The molecule has 1 aliphatic rings. The van der Waals surface area contributed by atoms with E-state index in [2.05, 4.69) is 34.0 Å². The van der Waals surface area contributed by atoms with Crippen LogP contribution in [0.5, 0.6) is 0 Å². The second-order valence-electron chi connectivity index (χ2n) is 6.23. The molecule has 0 spiro atoms. The molecule has 110 valence electrons. The molecule has 6 nitrogen and oxygen atoms in total. The Morgan fingerprint density at radius 2 is 2.00 bits per heavy atom. The highest BCUT2D eigenvalue weighted by Gasteiger charge is 2.38. The summed E-state index contributed by atoms with van der Waals surface area (Å²) in [5.41, 5.74) is 0.871. The maximum Gasteiger partial charge on any atom is 0.325 e. The Morgan fingerprint density at radius 1 is 1.29 bits per heavy atom. The van der Waals surface area contributed by atoms with Crippen LogP contribution in [0.1, 0.15) is 38.2 Å². The molecule has 0 aromatic carbocycles. The van der Waals surface area contributed by atoms with Gasteiger partial charge in [-0.2, -0.15) is 0 Å². The minimum Gasteiger partial charge on any atom is -0.313 e. The van der Waals surface area contributed by atoms with Gasteiger partial charge in [0, 0.05) is 6.20 Å². The van der Waals surface area contributed by atoms with Crippen LogP contribution >= 0.6 is 11.6 Å². The number of H-pyrrole nitrogens is 2. The van der Waals surface area contributed by atoms with Crippen molar-refractivity contribution in [1.29, 1.82) is 0 Å². The van der Waals surface area contributed by atoms with Crippen LogP contribution in [-0.4, -0.2) is 20.2 Å². The Morgan fingerprint density at radius 3 is 2.62 bits per heavy atom. The van der Waals surface area contributed by atoms with Crippen LogP contribution in [0, 0.1) is 5.41 Å². The first-order chi connectivity index (χ1) is 9.85. The fourth-order valence-electron chi connectivity index (χ4n) is 2.90. The van der Waals surface area contributed by atoms with Crippen molar-refractivity contribution in [2.24, 2.45) is 5.41 Å². The van der Waals surface area contributed by atoms with Gasteiger partial charge in [-0.3, -0.25) is 9.78 Å². The fraction of sp³-hybridized carbons (Fsp3) is 0.429. The number of halogens is 1. The van der Waals surface area contributed by atoms with E-state index >= 15 is 0 Å². The average molecular weight is 307 g/mol. The van der Waals surface area contributed by atoms with Crippen LogP contribution in [0.3, 0.4) is 0 Å². The van der Waals surface area contributed by atoms with E-state index in [1.54, 1.807) is 6.07 Å². The maximum atomic E-state index is 11.8. The van der Waals surface area contributed by atoms with E-state index in [0.717, 1.165) is 18.4 Å². The zero-order chi connectivity index (χ0) is 15.2. The molecule has 1 saturated carbocycles. The van der Waals surface area contributed by atoms with Gasteiger partial charge in [0.15, 0.2) is 5.15 Å². The maximum absolute atomic E-state index is 11.8. The van der Waals surface area contributed by atoms with E-state index in [9.17, 15) is 9.59 Å². The summed E-state index contributed by atoms with van der Waals surface area (Å²) in [5, 5.41) is 8.27. The lowest BCUT2D eigenvalue weighted by molar-refractivity contribution is 0.151. The summed E-state index contributed by atoms with van der Waals surface area (Å²) in [6.45, 7) is 4.42. The van der Waals surface area contributed by atoms with Gasteiger partial charge in [0.2, 0.25) is 0 Å². The number of hydrogen-bond acceptors (Lipinski definition) is 4. The molecule has 1 fully saturated rings. The van der Waals surface area contributed by atoms with Crippen molar-refractivity contribution in [2.45, 2.75) is 32.6 Å². The normalized spacial score (nSPS) is 17.5. The molecule has 2 aromatic rings. The fourth-order valence-corrected chi connectivity index (χ4v) is 3.15. The van der Waals surface area contributed by atoms with Crippen LogP contribution in [0.4, 0.5) is 0 Å². The first-order valence-corrected chi connectivity index (χ1v) is 7.09. The van der Waals surface area contributed by atoms with Gasteiger partial charge in [-0.05, 0) is 35.8 Å². The Balaban J connectivity index is 2.02. The second kappa shape index (κ2) is 4.80. The van der Waals surface area contributed by atoms with E-state index < -0.39 is 11.2 Å². The quantitative estimate of drug-likeness (QED) is 0.888. The Labute approximate surface area is 125 Å². The van der Waals surface area contributed by atoms with E-state index in [0.29, 0.717) is 22.2 Å². The molecular formula is C14H15ClN4O2. The zero-order valence-electron chi connectivity index (χ0n) is 11.7. The highest BCUT2D eigenvalue weighted by Crippen LogP contribution is 2.51. The number of hydrogen-bond donors (Lipinski definition) is 2. The molecule has 3 rings (SSSR count). The lowest BCUT2D eigenvalue weighted by Crippen LogP contribution is -2.30. The van der Waals surface area contributed by atoms with E-state index in [-0.39, 0.29) is 5.56 Å². The van der Waals surface area contributed by atoms with Crippen LogP contribution in [0.2, 0.25) is 5.15 Å². The highest BCUT2D eigenvalue weighted by atomic mass is 35.5. The topological polar surface area (TPSA) is 91.5 Å². The summed E-state index contributed by atoms with van der Waals surface area (Å²) in [6, 6.07) is 1.79. The molecule has 2 N–H and O–H groups in total. The highest BCUT2D eigenvalue weighted by molar-refractivity contribution is 6.30. The molecule has 0 amide bonds. The van der Waals surface area contributed by atoms with E-state index in [1.807, 2.05) is 0 Å².